The van der Waals surface area contributed by atoms with Crippen LogP contribution in [-0.4, -0.2) is 37.0 Å². The minimum absolute atomic E-state index is 0.176. The van der Waals surface area contributed by atoms with Gasteiger partial charge in [-0.25, -0.2) is 0 Å². The van der Waals surface area contributed by atoms with Gasteiger partial charge < -0.3 is 15.5 Å². The summed E-state index contributed by atoms with van der Waals surface area (Å²) in [4.78, 5) is 26.0. The number of carbonyl (C=O) groups is 2. The van der Waals surface area contributed by atoms with Crippen molar-refractivity contribution >= 4 is 17.5 Å². The molecule has 1 atom stereocenters. The summed E-state index contributed by atoms with van der Waals surface area (Å²) in [7, 11) is 0. The highest BCUT2D eigenvalue weighted by molar-refractivity contribution is 5.97. The van der Waals surface area contributed by atoms with E-state index in [0.29, 0.717) is 18.2 Å². The Morgan fingerprint density at radius 1 is 1.09 bits per heavy atom. The molecule has 0 aliphatic rings. The van der Waals surface area contributed by atoms with Crippen LogP contribution in [0.1, 0.15) is 45.0 Å². The van der Waals surface area contributed by atoms with Crippen molar-refractivity contribution in [1.29, 1.82) is 0 Å². The van der Waals surface area contributed by atoms with Gasteiger partial charge in [-0.3, -0.25) is 9.59 Å². The number of nitrogens with one attached hydrogen (secondary N) is 2. The lowest BCUT2D eigenvalue weighted by molar-refractivity contribution is -0.122. The zero-order valence-corrected chi connectivity index (χ0v) is 14.1. The van der Waals surface area contributed by atoms with Crippen molar-refractivity contribution in [3.05, 3.63) is 29.8 Å². The summed E-state index contributed by atoms with van der Waals surface area (Å²) in [6.07, 6.45) is 0. The Hall–Kier alpha value is -2.04. The topological polar surface area (TPSA) is 61.4 Å². The number of amides is 2. The maximum Gasteiger partial charge on any atom is 0.251 e. The van der Waals surface area contributed by atoms with Crippen molar-refractivity contribution in [2.75, 3.05) is 18.0 Å². The van der Waals surface area contributed by atoms with Gasteiger partial charge in [0.25, 0.3) is 5.91 Å². The van der Waals surface area contributed by atoms with Crippen LogP contribution in [0, 0.1) is 0 Å². The first-order valence-corrected chi connectivity index (χ1v) is 7.85. The number of likely N-dealkylation sites (N-methyl/N-ethyl adjacent to an activating group) is 1. The zero-order valence-electron chi connectivity index (χ0n) is 14.1. The van der Waals surface area contributed by atoms with Crippen molar-refractivity contribution in [3.63, 3.8) is 0 Å². The molecule has 0 aromatic heterocycles. The molecule has 22 heavy (non-hydrogen) atoms. The van der Waals surface area contributed by atoms with E-state index in [1.807, 2.05) is 19.1 Å². The molecule has 1 unspecified atom stereocenters. The third-order valence-corrected chi connectivity index (χ3v) is 3.52. The van der Waals surface area contributed by atoms with Gasteiger partial charge in [-0.1, -0.05) is 0 Å². The minimum Gasteiger partial charge on any atom is -0.369 e. The second-order valence-corrected chi connectivity index (χ2v) is 5.52. The number of hydrogen-bond acceptors (Lipinski definition) is 3. The molecule has 0 saturated heterocycles. The number of rotatable bonds is 7. The van der Waals surface area contributed by atoms with Crippen LogP contribution < -0.4 is 15.5 Å². The van der Waals surface area contributed by atoms with Gasteiger partial charge in [0.15, 0.2) is 0 Å². The van der Waals surface area contributed by atoms with Gasteiger partial charge in [0.1, 0.15) is 6.04 Å². The second kappa shape index (κ2) is 8.41. The maximum atomic E-state index is 12.1. The molecular weight excluding hydrogens is 278 g/mol. The molecule has 0 bridgehead atoms. The van der Waals surface area contributed by atoms with Crippen molar-refractivity contribution in [3.8, 4) is 0 Å². The van der Waals surface area contributed by atoms with Crippen LogP contribution in [0.2, 0.25) is 0 Å². The molecule has 0 aliphatic carbocycles. The summed E-state index contributed by atoms with van der Waals surface area (Å²) in [6, 6.07) is 7.32. The van der Waals surface area contributed by atoms with Gasteiger partial charge in [0.2, 0.25) is 5.91 Å². The van der Waals surface area contributed by atoms with Crippen molar-refractivity contribution in [2.24, 2.45) is 0 Å². The molecule has 2 amide bonds. The summed E-state index contributed by atoms with van der Waals surface area (Å²) in [5.41, 5.74) is 1.64. The number of benzene rings is 1. The molecule has 1 aromatic rings. The Labute approximate surface area is 133 Å². The van der Waals surface area contributed by atoms with Crippen LogP contribution >= 0.6 is 0 Å². The van der Waals surface area contributed by atoms with Crippen LogP contribution in [0.5, 0.6) is 0 Å². The highest BCUT2D eigenvalue weighted by Crippen LogP contribution is 2.17. The average molecular weight is 305 g/mol. The molecule has 5 nitrogen and oxygen atoms in total. The summed E-state index contributed by atoms with van der Waals surface area (Å²) < 4.78 is 0. The summed E-state index contributed by atoms with van der Waals surface area (Å²) in [6.45, 7) is 11.4. The summed E-state index contributed by atoms with van der Waals surface area (Å²) in [5.74, 6) is -0.415. The predicted octanol–water partition coefficient (Wildman–Crippen LogP) is 2.18. The lowest BCUT2D eigenvalue weighted by Gasteiger charge is -2.27. The smallest absolute Gasteiger partial charge is 0.251 e. The molecule has 1 aromatic carbocycles. The number of carbonyl (C=O) groups excluding carboxylic acids is 2. The minimum atomic E-state index is -0.546. The molecule has 0 fully saturated rings. The quantitative estimate of drug-likeness (QED) is 0.811. The highest BCUT2D eigenvalue weighted by Gasteiger charge is 2.16. The molecule has 122 valence electrons. The summed E-state index contributed by atoms with van der Waals surface area (Å²) in [5, 5.41) is 5.39. The number of anilines is 1. The van der Waals surface area contributed by atoms with Crippen molar-refractivity contribution < 1.29 is 9.59 Å². The molecule has 5 heteroatoms. The van der Waals surface area contributed by atoms with Gasteiger partial charge in [-0.05, 0) is 58.9 Å². The van der Waals surface area contributed by atoms with E-state index in [1.54, 1.807) is 19.1 Å². The lowest BCUT2D eigenvalue weighted by Crippen LogP contribution is -2.44. The standard InChI is InChI=1S/C17H27N3O2/c1-6-18-16(21)13(5)19-17(22)14-8-10-15(11-9-14)20(7-2)12(3)4/h8-13H,6-7H2,1-5H3,(H,18,21)(H,19,22). The van der Waals surface area contributed by atoms with Crippen LogP contribution in [0.3, 0.4) is 0 Å². The van der Waals surface area contributed by atoms with Crippen molar-refractivity contribution in [2.45, 2.75) is 46.7 Å². The number of nitrogens with zero attached hydrogens (tertiary/aromatic N) is 1. The van der Waals surface area contributed by atoms with E-state index in [0.717, 1.165) is 12.2 Å². The van der Waals surface area contributed by atoms with E-state index in [2.05, 4.69) is 36.3 Å². The largest absolute Gasteiger partial charge is 0.369 e. The zero-order chi connectivity index (χ0) is 16.7. The first-order chi connectivity index (χ1) is 10.4. The van der Waals surface area contributed by atoms with Crippen molar-refractivity contribution in [1.82, 2.24) is 10.6 Å². The Morgan fingerprint density at radius 2 is 1.68 bits per heavy atom. The van der Waals surface area contributed by atoms with E-state index < -0.39 is 6.04 Å². The fraction of sp³-hybridized carbons (Fsp3) is 0.529. The molecule has 1 rings (SSSR count). The van der Waals surface area contributed by atoms with Gasteiger partial charge >= 0.3 is 0 Å². The molecular formula is C17H27N3O2. The Bertz CT molecular complexity index is 497. The average Bonchev–Trinajstić information content (AvgIpc) is 2.48. The van der Waals surface area contributed by atoms with Crippen LogP contribution in [0.15, 0.2) is 24.3 Å². The van der Waals surface area contributed by atoms with E-state index in [9.17, 15) is 9.59 Å². The number of hydrogen-bond donors (Lipinski definition) is 2. The normalized spacial score (nSPS) is 11.9. The van der Waals surface area contributed by atoms with E-state index in [4.69, 9.17) is 0 Å². The highest BCUT2D eigenvalue weighted by atomic mass is 16.2. The van der Waals surface area contributed by atoms with Gasteiger partial charge in [0, 0.05) is 30.4 Å². The fourth-order valence-electron chi connectivity index (χ4n) is 2.32. The maximum absolute atomic E-state index is 12.1. The molecule has 0 spiro atoms. The van der Waals surface area contributed by atoms with Crippen LogP contribution in [0.4, 0.5) is 5.69 Å². The second-order valence-electron chi connectivity index (χ2n) is 5.52. The monoisotopic (exact) mass is 305 g/mol. The predicted molar refractivity (Wildman–Crippen MR) is 90.2 cm³/mol. The SMILES string of the molecule is CCNC(=O)C(C)NC(=O)c1ccc(N(CC)C(C)C)cc1. The molecule has 0 saturated carbocycles. The van der Waals surface area contributed by atoms with E-state index >= 15 is 0 Å². The van der Waals surface area contributed by atoms with E-state index in [1.165, 1.54) is 0 Å². The lowest BCUT2D eigenvalue weighted by atomic mass is 10.1. The van der Waals surface area contributed by atoms with Crippen LogP contribution in [0.25, 0.3) is 0 Å². The molecule has 0 radical (unpaired) electrons. The fourth-order valence-corrected chi connectivity index (χ4v) is 2.32. The first-order valence-electron chi connectivity index (χ1n) is 7.85. The third kappa shape index (κ3) is 4.76. The van der Waals surface area contributed by atoms with Gasteiger partial charge in [0.05, 0.1) is 0 Å². The Balaban J connectivity index is 2.74. The Kier molecular flexibility index (Phi) is 6.89. The van der Waals surface area contributed by atoms with E-state index in [-0.39, 0.29) is 11.8 Å². The Morgan fingerprint density at radius 3 is 2.14 bits per heavy atom. The summed E-state index contributed by atoms with van der Waals surface area (Å²) >= 11 is 0. The van der Waals surface area contributed by atoms with Crippen LogP contribution in [-0.2, 0) is 4.79 Å². The molecule has 0 aliphatic heterocycles. The third-order valence-electron chi connectivity index (χ3n) is 3.52. The van der Waals surface area contributed by atoms with Gasteiger partial charge in [-0.15, -0.1) is 0 Å². The molecule has 2 N–H and O–H groups in total. The van der Waals surface area contributed by atoms with Gasteiger partial charge in [-0.2, -0.15) is 0 Å². The first kappa shape index (κ1) is 18.0. The molecule has 0 heterocycles.